The van der Waals surface area contributed by atoms with E-state index in [1.54, 1.807) is 0 Å². The molecule has 4 aliphatic rings. The quantitative estimate of drug-likeness (QED) is 0.455. The van der Waals surface area contributed by atoms with E-state index < -0.39 is 0 Å². The van der Waals surface area contributed by atoms with Crippen LogP contribution < -0.4 is 11.3 Å². The predicted molar refractivity (Wildman–Crippen MR) is 74.3 cm³/mol. The van der Waals surface area contributed by atoms with E-state index in [2.05, 4.69) is 17.3 Å². The lowest BCUT2D eigenvalue weighted by molar-refractivity contribution is -0.0527. The molecule has 2 heteroatoms. The van der Waals surface area contributed by atoms with E-state index in [4.69, 9.17) is 5.84 Å². The Morgan fingerprint density at radius 1 is 1.11 bits per heavy atom. The van der Waals surface area contributed by atoms with Gasteiger partial charge in [-0.25, -0.2) is 0 Å². The maximum atomic E-state index is 5.84. The zero-order valence-corrected chi connectivity index (χ0v) is 11.5. The molecule has 1 unspecified atom stereocenters. The third-order valence-corrected chi connectivity index (χ3v) is 5.74. The van der Waals surface area contributed by atoms with Crippen molar-refractivity contribution in [1.29, 1.82) is 0 Å². The molecular weight excluding hydrogens is 220 g/mol. The van der Waals surface area contributed by atoms with E-state index in [1.807, 2.05) is 6.92 Å². The number of hydrogen-bond donors (Lipinski definition) is 2. The topological polar surface area (TPSA) is 38.0 Å². The highest BCUT2D eigenvalue weighted by atomic mass is 15.2. The fraction of sp³-hybridized carbons (Fsp3) is 0.875. The van der Waals surface area contributed by atoms with Crippen molar-refractivity contribution in [3.05, 3.63) is 0 Å². The molecule has 4 saturated carbocycles. The van der Waals surface area contributed by atoms with Crippen molar-refractivity contribution in [3.63, 3.8) is 0 Å². The minimum Gasteiger partial charge on any atom is -0.271 e. The van der Waals surface area contributed by atoms with E-state index in [0.717, 1.165) is 42.4 Å². The van der Waals surface area contributed by atoms with Crippen LogP contribution >= 0.6 is 0 Å². The molecule has 0 amide bonds. The first-order chi connectivity index (χ1) is 8.81. The molecule has 4 fully saturated rings. The summed E-state index contributed by atoms with van der Waals surface area (Å²) in [6, 6.07) is 0.501. The molecule has 4 aliphatic carbocycles. The predicted octanol–water partition coefficient (Wildman–Crippen LogP) is 2.69. The second-order valence-electron chi connectivity index (χ2n) is 6.75. The minimum absolute atomic E-state index is 0.501. The highest BCUT2D eigenvalue weighted by Crippen LogP contribution is 2.57. The number of nitrogens with one attached hydrogen (secondary N) is 1. The van der Waals surface area contributed by atoms with Crippen molar-refractivity contribution in [2.24, 2.45) is 35.4 Å². The molecule has 0 aromatic carbocycles. The van der Waals surface area contributed by atoms with Gasteiger partial charge in [0.05, 0.1) is 0 Å². The molecule has 4 bridgehead atoms. The molecule has 0 saturated heterocycles. The van der Waals surface area contributed by atoms with E-state index in [9.17, 15) is 0 Å². The largest absolute Gasteiger partial charge is 0.271 e. The maximum absolute atomic E-state index is 5.84. The molecule has 18 heavy (non-hydrogen) atoms. The number of hydrazine groups is 1. The normalized spacial score (nSPS) is 42.4. The SMILES string of the molecule is CC#CCCC(NN)C1C2CC3CC(C2)CC1C3. The molecule has 0 aromatic rings. The van der Waals surface area contributed by atoms with Crippen molar-refractivity contribution >= 4 is 0 Å². The van der Waals surface area contributed by atoms with Gasteiger partial charge in [-0.15, -0.1) is 11.8 Å². The lowest BCUT2D eigenvalue weighted by atomic mass is 9.50. The Labute approximate surface area is 111 Å². The van der Waals surface area contributed by atoms with Gasteiger partial charge in [-0.1, -0.05) is 0 Å². The molecule has 100 valence electrons. The first-order valence-electron chi connectivity index (χ1n) is 7.67. The van der Waals surface area contributed by atoms with Gasteiger partial charge < -0.3 is 0 Å². The van der Waals surface area contributed by atoms with Gasteiger partial charge in [-0.05, 0) is 75.0 Å². The monoisotopic (exact) mass is 246 g/mol. The molecule has 0 spiro atoms. The van der Waals surface area contributed by atoms with Crippen LogP contribution in [0.3, 0.4) is 0 Å². The third-order valence-electron chi connectivity index (χ3n) is 5.74. The van der Waals surface area contributed by atoms with Crippen LogP contribution in [0.2, 0.25) is 0 Å². The zero-order valence-electron chi connectivity index (χ0n) is 11.5. The maximum Gasteiger partial charge on any atom is 0.0253 e. The summed E-state index contributed by atoms with van der Waals surface area (Å²) in [6.07, 6.45) is 9.58. The van der Waals surface area contributed by atoms with Crippen LogP contribution in [0.1, 0.15) is 51.9 Å². The summed E-state index contributed by atoms with van der Waals surface area (Å²) in [4.78, 5) is 0. The van der Waals surface area contributed by atoms with Crippen LogP contribution in [0.4, 0.5) is 0 Å². The van der Waals surface area contributed by atoms with Gasteiger partial charge in [-0.2, -0.15) is 0 Å². The Kier molecular flexibility index (Phi) is 3.63. The fourth-order valence-corrected chi connectivity index (χ4v) is 5.36. The Morgan fingerprint density at radius 3 is 2.22 bits per heavy atom. The second-order valence-corrected chi connectivity index (χ2v) is 6.75. The smallest absolute Gasteiger partial charge is 0.0253 e. The summed E-state index contributed by atoms with van der Waals surface area (Å²) < 4.78 is 0. The number of rotatable bonds is 4. The average molecular weight is 246 g/mol. The van der Waals surface area contributed by atoms with Gasteiger partial charge in [0, 0.05) is 12.5 Å². The van der Waals surface area contributed by atoms with Crippen LogP contribution in [0, 0.1) is 41.4 Å². The van der Waals surface area contributed by atoms with Crippen LogP contribution in [0.15, 0.2) is 0 Å². The lowest BCUT2D eigenvalue weighted by Gasteiger charge is -2.56. The van der Waals surface area contributed by atoms with Gasteiger partial charge >= 0.3 is 0 Å². The van der Waals surface area contributed by atoms with Crippen LogP contribution in [0.5, 0.6) is 0 Å². The van der Waals surface area contributed by atoms with Crippen LogP contribution in [0.25, 0.3) is 0 Å². The first kappa shape index (κ1) is 12.5. The van der Waals surface area contributed by atoms with Crippen LogP contribution in [-0.4, -0.2) is 6.04 Å². The molecule has 0 aliphatic heterocycles. The molecule has 4 rings (SSSR count). The van der Waals surface area contributed by atoms with Crippen molar-refractivity contribution in [2.45, 2.75) is 57.9 Å². The summed E-state index contributed by atoms with van der Waals surface area (Å²) in [6.45, 7) is 1.92. The second kappa shape index (κ2) is 5.23. The molecule has 0 aromatic heterocycles. The van der Waals surface area contributed by atoms with Crippen LogP contribution in [-0.2, 0) is 0 Å². The minimum atomic E-state index is 0.501. The summed E-state index contributed by atoms with van der Waals surface area (Å²) in [5.41, 5.74) is 3.12. The van der Waals surface area contributed by atoms with E-state index in [0.29, 0.717) is 6.04 Å². The Morgan fingerprint density at radius 2 is 1.72 bits per heavy atom. The molecule has 2 nitrogen and oxygen atoms in total. The Hall–Kier alpha value is -0.520. The van der Waals surface area contributed by atoms with Crippen molar-refractivity contribution in [2.75, 3.05) is 0 Å². The van der Waals surface area contributed by atoms with E-state index in [1.165, 1.54) is 32.1 Å². The summed E-state index contributed by atoms with van der Waals surface area (Å²) >= 11 is 0. The van der Waals surface area contributed by atoms with Gasteiger partial charge in [0.1, 0.15) is 0 Å². The van der Waals surface area contributed by atoms with Gasteiger partial charge in [0.2, 0.25) is 0 Å². The van der Waals surface area contributed by atoms with Gasteiger partial charge in [0.15, 0.2) is 0 Å². The highest BCUT2D eigenvalue weighted by Gasteiger charge is 2.50. The summed E-state index contributed by atoms with van der Waals surface area (Å²) in [5.74, 6) is 16.9. The van der Waals surface area contributed by atoms with Crippen molar-refractivity contribution in [3.8, 4) is 11.8 Å². The first-order valence-corrected chi connectivity index (χ1v) is 7.67. The van der Waals surface area contributed by atoms with Gasteiger partial charge in [0.25, 0.3) is 0 Å². The number of nitrogens with two attached hydrogens (primary N) is 1. The fourth-order valence-electron chi connectivity index (χ4n) is 5.36. The van der Waals surface area contributed by atoms with Crippen molar-refractivity contribution < 1.29 is 0 Å². The average Bonchev–Trinajstić information content (AvgIpc) is 2.35. The third kappa shape index (κ3) is 2.19. The summed E-state index contributed by atoms with van der Waals surface area (Å²) in [7, 11) is 0. The molecular formula is C16H26N2. The Bertz CT molecular complexity index is 324. The standard InChI is InChI=1S/C16H26N2/c1-2-3-4-5-15(18-17)16-13-7-11-6-12(9-13)10-14(16)8-11/h11-16,18H,4-10,17H2,1H3. The van der Waals surface area contributed by atoms with E-state index >= 15 is 0 Å². The molecule has 3 N–H and O–H groups in total. The van der Waals surface area contributed by atoms with E-state index in [-0.39, 0.29) is 0 Å². The molecule has 1 atom stereocenters. The molecule has 0 radical (unpaired) electrons. The Balaban J connectivity index is 1.68. The zero-order chi connectivity index (χ0) is 12.5. The summed E-state index contributed by atoms with van der Waals surface area (Å²) in [5, 5.41) is 0. The van der Waals surface area contributed by atoms with Crippen molar-refractivity contribution in [1.82, 2.24) is 5.43 Å². The highest BCUT2D eigenvalue weighted by molar-refractivity contribution is 5.03. The number of hydrogen-bond acceptors (Lipinski definition) is 2. The lowest BCUT2D eigenvalue weighted by Crippen LogP contribution is -2.54. The molecule has 0 heterocycles. The van der Waals surface area contributed by atoms with Gasteiger partial charge in [-0.3, -0.25) is 11.3 Å².